The van der Waals surface area contributed by atoms with Crippen LogP contribution < -0.4 is 20.8 Å². The number of aromatic hydroxyl groups is 2. The number of hydrogen-bond acceptors (Lipinski definition) is 17. The summed E-state index contributed by atoms with van der Waals surface area (Å²) in [6, 6.07) is 14.7. The molecule has 10 rings (SSSR count). The van der Waals surface area contributed by atoms with Crippen molar-refractivity contribution in [3.8, 4) is 17.2 Å². The van der Waals surface area contributed by atoms with Crippen LogP contribution in [0.5, 0.6) is 17.2 Å². The number of benzene rings is 4. The average Bonchev–Trinajstić information content (AvgIpc) is 1.79. The fourth-order valence-electron chi connectivity index (χ4n) is 13.4. The van der Waals surface area contributed by atoms with Crippen LogP contribution in [0.2, 0.25) is 5.02 Å². The summed E-state index contributed by atoms with van der Waals surface area (Å²) in [4.78, 5) is 78.7. The van der Waals surface area contributed by atoms with Gasteiger partial charge in [0.2, 0.25) is 11.6 Å². The van der Waals surface area contributed by atoms with E-state index in [1.807, 2.05) is 12.1 Å². The number of halogens is 1. The lowest BCUT2D eigenvalue weighted by atomic mass is 9.72. The second-order valence-electron chi connectivity index (χ2n) is 25.0. The van der Waals surface area contributed by atoms with Crippen molar-refractivity contribution in [2.75, 3.05) is 32.1 Å². The maximum Gasteiger partial charge on any atom is 0.312 e. The number of nitrogens with one attached hydrogen (secondary N) is 1. The number of phenolic OH excluding ortho intramolecular Hbond substituents is 2. The van der Waals surface area contributed by atoms with Gasteiger partial charge in [0.05, 0.1) is 40.9 Å². The number of esters is 1. The van der Waals surface area contributed by atoms with Crippen molar-refractivity contribution in [1.29, 1.82) is 0 Å². The topological polar surface area (TPSA) is 263 Å². The van der Waals surface area contributed by atoms with Crippen LogP contribution in [0.25, 0.3) is 16.5 Å². The van der Waals surface area contributed by atoms with Gasteiger partial charge in [0, 0.05) is 115 Å². The van der Waals surface area contributed by atoms with Gasteiger partial charge in [-0.25, -0.2) is 0 Å². The minimum atomic E-state index is -1.96. The summed E-state index contributed by atoms with van der Waals surface area (Å²) in [6.07, 6.45) is 8.45. The standard InChI is InChI=1S/C46H62N4O11.C22H19ClO3/c1-22(2)21-50-18-16-46(17-19-50)48-34-31-32-39(54)28(8)42-33(31)43(56)45(10,61-42)59-20-15-30(58-11)25(5)41(60-29(9)51)27(7)38(53)26(6)37(52)23(3)13-12-14-24(4)44(57)47-36(40(32)55)35(34)49-46;23-16-11-9-14(10-12-16)13-5-7-15(8-6-13)19-20(24)17-3-1-2-4-18(17)21(25)22(19)26/h12-15,20,22-23,25-27,30,37-38,41,52-55H,16-19,21H2,1-11H3,(H,47,57);1-4,9-13,15,24H,5-8H2/b13-12+,20-15+,24-14-;/t23-,25+,26+,27+,30-,37-,38+,41+,45-;/m0./s1. The lowest BCUT2D eigenvalue weighted by Gasteiger charge is -2.38. The Kier molecular flexibility index (Phi) is 19.1. The number of carbonyl (C=O) groups is 5. The van der Waals surface area contributed by atoms with Gasteiger partial charge in [-0.1, -0.05) is 108 Å². The van der Waals surface area contributed by atoms with Gasteiger partial charge in [0.15, 0.2) is 11.4 Å². The van der Waals surface area contributed by atoms with Gasteiger partial charge in [-0.2, -0.15) is 0 Å². The van der Waals surface area contributed by atoms with Crippen molar-refractivity contribution < 1.29 is 68.5 Å². The van der Waals surface area contributed by atoms with Gasteiger partial charge in [-0.3, -0.25) is 34.0 Å². The monoisotopic (exact) mass is 1210 g/mol. The number of nitrogens with zero attached hydrogens (tertiary/aromatic N) is 3. The Hall–Kier alpha value is -7.22. The van der Waals surface area contributed by atoms with Crippen molar-refractivity contribution in [1.82, 2.24) is 4.90 Å². The molecule has 0 aromatic heterocycles. The van der Waals surface area contributed by atoms with Crippen molar-refractivity contribution in [2.24, 2.45) is 45.5 Å². The van der Waals surface area contributed by atoms with Crippen LogP contribution in [0, 0.1) is 42.4 Å². The summed E-state index contributed by atoms with van der Waals surface area (Å²) >= 11 is 5.96. The molecule has 4 bridgehead atoms. The summed E-state index contributed by atoms with van der Waals surface area (Å²) in [5, 5.41) is 61.6. The average molecular weight is 1210 g/mol. The second-order valence-corrected chi connectivity index (χ2v) is 25.5. The number of ketones is 3. The Morgan fingerprint density at radius 3 is 2.08 bits per heavy atom. The van der Waals surface area contributed by atoms with Crippen LogP contribution in [0.3, 0.4) is 0 Å². The van der Waals surface area contributed by atoms with Gasteiger partial charge in [-0.15, -0.1) is 0 Å². The molecule has 1 saturated heterocycles. The van der Waals surface area contributed by atoms with Gasteiger partial charge < -0.3 is 54.7 Å². The number of allylic oxidation sites excluding steroid dienone is 3. The Balaban J connectivity index is 0.000000286. The predicted molar refractivity (Wildman–Crippen MR) is 329 cm³/mol. The molecule has 1 spiro atoms. The van der Waals surface area contributed by atoms with Crippen LogP contribution in [0.4, 0.5) is 5.69 Å². The third-order valence-corrected chi connectivity index (χ3v) is 18.8. The molecule has 4 heterocycles. The fraction of sp³-hybridized carbons (Fsp3) is 0.485. The first-order chi connectivity index (χ1) is 41.2. The molecule has 6 N–H and O–H groups in total. The Labute approximate surface area is 512 Å². The van der Waals surface area contributed by atoms with Crippen molar-refractivity contribution in [2.45, 2.75) is 150 Å². The molecule has 6 aliphatic rings. The smallest absolute Gasteiger partial charge is 0.312 e. The van der Waals surface area contributed by atoms with Crippen LogP contribution in [-0.4, -0.2) is 122 Å². The van der Waals surface area contributed by atoms with Gasteiger partial charge in [-0.05, 0) is 81.1 Å². The number of Topliss-reactive ketones (excluding diaryl/α,β-unsaturated/α-hetero) is 3. The molecule has 2 aliphatic carbocycles. The summed E-state index contributed by atoms with van der Waals surface area (Å²) in [5.74, 6) is -7.15. The molecule has 464 valence electrons. The zero-order chi connectivity index (χ0) is 63.1. The lowest BCUT2D eigenvalue weighted by molar-refractivity contribution is -0.160. The fourth-order valence-corrected chi connectivity index (χ4v) is 13.5. The number of piperidine rings is 1. The molecule has 87 heavy (non-hydrogen) atoms. The number of rotatable bonds is 6. The number of fused-ring (bicyclic) bond motifs is 2. The molecule has 4 aromatic carbocycles. The number of phenols is 2. The van der Waals surface area contributed by atoms with Crippen LogP contribution in [0.15, 0.2) is 100 Å². The largest absolute Gasteiger partial charge is 0.507 e. The Morgan fingerprint density at radius 1 is 0.816 bits per heavy atom. The molecule has 4 aromatic rings. The van der Waals surface area contributed by atoms with Crippen LogP contribution in [0.1, 0.15) is 144 Å². The number of aliphatic hydroxyl groups is 3. The summed E-state index contributed by atoms with van der Waals surface area (Å²) in [7, 11) is 1.47. The maximum absolute atomic E-state index is 14.7. The van der Waals surface area contributed by atoms with Crippen molar-refractivity contribution >= 4 is 63.0 Å². The van der Waals surface area contributed by atoms with E-state index in [4.69, 9.17) is 40.5 Å². The first kappa shape index (κ1) is 64.3. The number of anilines is 1. The van der Waals surface area contributed by atoms with Gasteiger partial charge >= 0.3 is 11.8 Å². The van der Waals surface area contributed by atoms with E-state index in [-0.39, 0.29) is 67.1 Å². The molecule has 2 fully saturated rings. The number of methoxy groups -OCH3 is 1. The number of carbonyl (C=O) groups excluding carboxylic acids is 5. The summed E-state index contributed by atoms with van der Waals surface area (Å²) < 4.78 is 24.0. The van der Waals surface area contributed by atoms with Crippen molar-refractivity contribution in [3.05, 3.63) is 134 Å². The number of aliphatic hydroxyl groups excluding tert-OH is 3. The predicted octanol–water partition coefficient (Wildman–Crippen LogP) is 10.1. The highest BCUT2D eigenvalue weighted by Crippen LogP contribution is 2.50. The maximum atomic E-state index is 14.7. The van der Waals surface area contributed by atoms with E-state index in [0.717, 1.165) is 37.3 Å². The zero-order valence-electron chi connectivity index (χ0n) is 51.4. The lowest BCUT2D eigenvalue weighted by Crippen LogP contribution is -2.46. The zero-order valence-corrected chi connectivity index (χ0v) is 52.1. The van der Waals surface area contributed by atoms with Crippen LogP contribution >= 0.6 is 11.6 Å². The summed E-state index contributed by atoms with van der Waals surface area (Å²) in [5.41, 5.74) is 1.77. The third-order valence-electron chi connectivity index (χ3n) is 18.5. The minimum absolute atomic E-state index is 0.0138. The second kappa shape index (κ2) is 25.9. The first-order valence-electron chi connectivity index (χ1n) is 30.1. The molecule has 1 saturated carbocycles. The van der Waals surface area contributed by atoms with E-state index in [0.29, 0.717) is 54.5 Å². The third kappa shape index (κ3) is 12.6. The Bertz CT molecular complexity index is 3630. The first-order valence-corrected chi connectivity index (χ1v) is 30.5. The molecule has 9 atom stereocenters. The van der Waals surface area contributed by atoms with E-state index in [1.165, 1.54) is 32.8 Å². The normalized spacial score (nSPS) is 29.8. The minimum Gasteiger partial charge on any atom is -0.507 e. The van der Waals surface area contributed by atoms with E-state index in [9.17, 15) is 49.5 Å². The number of amides is 1. The molecule has 19 heteroatoms. The molecule has 4 aliphatic heterocycles. The van der Waals surface area contributed by atoms with E-state index in [2.05, 4.69) is 36.2 Å². The van der Waals surface area contributed by atoms with Crippen molar-refractivity contribution in [3.63, 3.8) is 0 Å². The molecular formula is C68H81ClN4O14. The molecule has 1 amide bonds. The van der Waals surface area contributed by atoms with E-state index >= 15 is 0 Å². The van der Waals surface area contributed by atoms with Gasteiger partial charge in [0.1, 0.15) is 34.4 Å². The Morgan fingerprint density at radius 2 is 1.45 bits per heavy atom. The van der Waals surface area contributed by atoms with Crippen LogP contribution in [-0.2, 0) is 28.6 Å². The highest BCUT2D eigenvalue weighted by atomic mass is 35.5. The number of ether oxygens (including phenoxy) is 4. The van der Waals surface area contributed by atoms with E-state index < -0.39 is 94.5 Å². The number of hydrogen-bond donors (Lipinski definition) is 6. The quantitative estimate of drug-likeness (QED) is 0.0596. The number of likely N-dealkylation sites (tertiary alicyclic amines) is 1. The van der Waals surface area contributed by atoms with Gasteiger partial charge in [0.25, 0.3) is 11.7 Å². The molecule has 0 radical (unpaired) electrons. The SMILES string of the molecule is CO[C@H]1/C=C/O[C@@]2(C)Oc3c(C)c(O)c4c(O)c(c5c(c4c3C2=O)=NC2(CCN(CC(C)C)CC2)N=5)NC(=O)/C(C)=C\C=C\[C@H](C)[C@H](O)[C@@H](C)[C@@H](O)[C@@H](C)[C@H](OC(C)=O)[C@@H]1C.O=C1C(=O)c2ccccc2C(O)=C1C1CCC(c2ccc(Cl)cc2)CC1. The van der Waals surface area contributed by atoms with E-state index in [1.54, 1.807) is 90.1 Å². The summed E-state index contributed by atoms with van der Waals surface area (Å²) in [6.45, 7) is 19.5. The highest BCUT2D eigenvalue weighted by molar-refractivity contribution is 6.52. The molecule has 18 nitrogen and oxygen atoms in total. The molecule has 0 unspecified atom stereocenters. The molecular weight excluding hydrogens is 1130 g/mol. The highest BCUT2D eigenvalue weighted by Gasteiger charge is 2.50.